The fraction of sp³-hybridized carbons (Fsp3) is 0.600. The number of carbonyl (C=O) groups excluding carboxylic acids is 1. The number of hydrogen-bond acceptors (Lipinski definition) is 4. The number of cyclic esters (lactones) is 1. The second-order valence-electron chi connectivity index (χ2n) is 7.03. The minimum absolute atomic E-state index is 0. The van der Waals surface area contributed by atoms with Gasteiger partial charge in [0.15, 0.2) is 0 Å². The van der Waals surface area contributed by atoms with Crippen LogP contribution in [0.3, 0.4) is 0 Å². The minimum Gasteiger partial charge on any atom is -0.442 e. The van der Waals surface area contributed by atoms with Crippen LogP contribution in [0.5, 0.6) is 0 Å². The smallest absolute Gasteiger partial charge is 0.414 e. The molecule has 1 N–H and O–H groups in total. The summed E-state index contributed by atoms with van der Waals surface area (Å²) in [4.78, 5) is 17.2. The zero-order chi connectivity index (χ0) is 18.0. The van der Waals surface area contributed by atoms with E-state index in [2.05, 4.69) is 36.2 Å². The third-order valence-electron chi connectivity index (χ3n) is 4.91. The number of aryl methyl sites for hydroxylation is 2. The first-order valence-electron chi connectivity index (χ1n) is 9.04. The maximum Gasteiger partial charge on any atom is 0.414 e. The largest absolute Gasteiger partial charge is 0.442 e. The topological polar surface area (TPSA) is 44.8 Å². The molecule has 2 fully saturated rings. The SMILES string of the molecule is C.CC(=S)NC[C@H]1CN(c2cc(C)c(N3CCCCC3)c(C)c2)C(=O)O1. The Kier molecular flexibility index (Phi) is 6.87. The van der Waals surface area contributed by atoms with E-state index in [1.807, 2.05) is 6.92 Å². The van der Waals surface area contributed by atoms with Gasteiger partial charge in [-0.05, 0) is 63.3 Å². The Balaban J connectivity index is 0.00000243. The lowest BCUT2D eigenvalue weighted by Crippen LogP contribution is -2.33. The summed E-state index contributed by atoms with van der Waals surface area (Å²) in [5.74, 6) is 0. The second-order valence-corrected chi connectivity index (χ2v) is 7.64. The van der Waals surface area contributed by atoms with E-state index in [0.717, 1.165) is 18.8 Å². The molecule has 144 valence electrons. The van der Waals surface area contributed by atoms with Crippen LogP contribution in [0.2, 0.25) is 0 Å². The number of hydrogen-bond donors (Lipinski definition) is 1. The lowest BCUT2D eigenvalue weighted by Gasteiger charge is -2.32. The monoisotopic (exact) mass is 377 g/mol. The highest BCUT2D eigenvalue weighted by Gasteiger charge is 2.32. The van der Waals surface area contributed by atoms with E-state index < -0.39 is 0 Å². The fourth-order valence-electron chi connectivity index (χ4n) is 3.80. The maximum atomic E-state index is 12.3. The number of nitrogens with one attached hydrogen (secondary N) is 1. The normalized spacial score (nSPS) is 19.8. The van der Waals surface area contributed by atoms with Crippen LogP contribution in [0.25, 0.3) is 0 Å². The summed E-state index contributed by atoms with van der Waals surface area (Å²) in [7, 11) is 0. The van der Waals surface area contributed by atoms with Gasteiger partial charge in [0.1, 0.15) is 6.10 Å². The number of nitrogens with zero attached hydrogens (tertiary/aromatic N) is 2. The molecule has 2 aliphatic heterocycles. The van der Waals surface area contributed by atoms with Crippen molar-refractivity contribution in [3.05, 3.63) is 23.3 Å². The summed E-state index contributed by atoms with van der Waals surface area (Å²) < 4.78 is 5.46. The zero-order valence-electron chi connectivity index (χ0n) is 15.3. The molecule has 6 heteroatoms. The molecule has 0 spiro atoms. The van der Waals surface area contributed by atoms with Gasteiger partial charge in [0, 0.05) is 24.5 Å². The van der Waals surface area contributed by atoms with Crippen molar-refractivity contribution < 1.29 is 9.53 Å². The number of piperidine rings is 1. The number of rotatable bonds is 4. The lowest BCUT2D eigenvalue weighted by atomic mass is 10.0. The average molecular weight is 378 g/mol. The Labute approximate surface area is 162 Å². The predicted octanol–water partition coefficient (Wildman–Crippen LogP) is 4.19. The Morgan fingerprint density at radius 2 is 1.85 bits per heavy atom. The van der Waals surface area contributed by atoms with Gasteiger partial charge in [-0.1, -0.05) is 19.6 Å². The van der Waals surface area contributed by atoms with Crippen LogP contribution in [0.4, 0.5) is 16.2 Å². The van der Waals surface area contributed by atoms with Crippen LogP contribution >= 0.6 is 12.2 Å². The third-order valence-corrected chi connectivity index (χ3v) is 5.06. The van der Waals surface area contributed by atoms with Gasteiger partial charge < -0.3 is 15.0 Å². The second kappa shape index (κ2) is 8.71. The molecule has 0 aliphatic carbocycles. The van der Waals surface area contributed by atoms with Crippen molar-refractivity contribution in [3.63, 3.8) is 0 Å². The molecule has 0 aromatic heterocycles. The van der Waals surface area contributed by atoms with E-state index in [1.165, 1.54) is 36.1 Å². The highest BCUT2D eigenvalue weighted by Crippen LogP contribution is 2.33. The third kappa shape index (κ3) is 4.47. The molecule has 0 unspecified atom stereocenters. The summed E-state index contributed by atoms with van der Waals surface area (Å²) in [5, 5.41) is 3.08. The van der Waals surface area contributed by atoms with Gasteiger partial charge in [-0.2, -0.15) is 0 Å². The first-order valence-corrected chi connectivity index (χ1v) is 9.45. The summed E-state index contributed by atoms with van der Waals surface area (Å²) >= 11 is 5.02. The molecule has 5 nitrogen and oxygen atoms in total. The molecule has 1 atom stereocenters. The van der Waals surface area contributed by atoms with Crippen LogP contribution in [0.15, 0.2) is 12.1 Å². The zero-order valence-corrected chi connectivity index (χ0v) is 16.1. The average Bonchev–Trinajstić information content (AvgIpc) is 2.94. The molecule has 1 aromatic carbocycles. The van der Waals surface area contributed by atoms with Gasteiger partial charge in [0.25, 0.3) is 0 Å². The molecule has 1 amide bonds. The van der Waals surface area contributed by atoms with Gasteiger partial charge in [-0.25, -0.2) is 4.79 Å². The molecule has 0 bridgehead atoms. The quantitative estimate of drug-likeness (QED) is 0.797. The molecule has 1 aromatic rings. The number of thiocarbonyl (C=S) groups is 1. The Morgan fingerprint density at radius 1 is 1.23 bits per heavy atom. The predicted molar refractivity (Wildman–Crippen MR) is 113 cm³/mol. The highest BCUT2D eigenvalue weighted by molar-refractivity contribution is 7.80. The number of anilines is 2. The van der Waals surface area contributed by atoms with Crippen molar-refractivity contribution in [3.8, 4) is 0 Å². The van der Waals surface area contributed by atoms with E-state index in [9.17, 15) is 4.79 Å². The molecule has 2 heterocycles. The first kappa shape index (κ1) is 20.5. The van der Waals surface area contributed by atoms with E-state index in [0.29, 0.717) is 18.1 Å². The van der Waals surface area contributed by atoms with Crippen LogP contribution in [0.1, 0.15) is 44.7 Å². The fourth-order valence-corrected chi connectivity index (χ4v) is 3.88. The van der Waals surface area contributed by atoms with E-state index in [-0.39, 0.29) is 19.6 Å². The number of ether oxygens (including phenoxy) is 1. The van der Waals surface area contributed by atoms with Crippen LogP contribution in [0, 0.1) is 13.8 Å². The standard InChI is InChI=1S/C19H27N3O2S.CH4/c1-13-9-16(10-14(2)18(13)21-7-5-4-6-8-21)22-12-17(24-19(22)23)11-20-15(3)25;/h9-10,17H,4-8,11-12H2,1-3H3,(H,20,25);1H4/t17-;/m0./s1. The molecule has 2 saturated heterocycles. The summed E-state index contributed by atoms with van der Waals surface area (Å²) in [6.45, 7) is 9.45. The first-order chi connectivity index (χ1) is 12.0. The maximum absolute atomic E-state index is 12.3. The van der Waals surface area contributed by atoms with E-state index >= 15 is 0 Å². The van der Waals surface area contributed by atoms with Crippen molar-refractivity contribution >= 4 is 34.7 Å². The molecule has 3 rings (SSSR count). The Morgan fingerprint density at radius 3 is 2.42 bits per heavy atom. The molecular weight excluding hydrogens is 346 g/mol. The van der Waals surface area contributed by atoms with Crippen molar-refractivity contribution in [2.45, 2.75) is 53.6 Å². The van der Waals surface area contributed by atoms with Crippen molar-refractivity contribution in [2.24, 2.45) is 0 Å². The summed E-state index contributed by atoms with van der Waals surface area (Å²) in [5.41, 5.74) is 4.69. The molecule has 26 heavy (non-hydrogen) atoms. The number of benzene rings is 1. The van der Waals surface area contributed by atoms with Crippen LogP contribution in [-0.2, 0) is 4.74 Å². The van der Waals surface area contributed by atoms with Gasteiger partial charge >= 0.3 is 6.09 Å². The molecule has 2 aliphatic rings. The van der Waals surface area contributed by atoms with Crippen molar-refractivity contribution in [1.82, 2.24) is 5.32 Å². The Bertz CT molecular complexity index is 648. The van der Waals surface area contributed by atoms with Crippen LogP contribution < -0.4 is 15.1 Å². The molecule has 0 saturated carbocycles. The minimum atomic E-state index is -0.279. The van der Waals surface area contributed by atoms with E-state index in [4.69, 9.17) is 17.0 Å². The van der Waals surface area contributed by atoms with Crippen molar-refractivity contribution in [1.29, 1.82) is 0 Å². The van der Waals surface area contributed by atoms with E-state index in [1.54, 1.807) is 4.90 Å². The number of amides is 1. The van der Waals surface area contributed by atoms with Gasteiger partial charge in [0.2, 0.25) is 0 Å². The van der Waals surface area contributed by atoms with Crippen LogP contribution in [-0.4, -0.2) is 43.4 Å². The molecule has 0 radical (unpaired) electrons. The number of carbonyl (C=O) groups is 1. The lowest BCUT2D eigenvalue weighted by molar-refractivity contribution is 0.143. The van der Waals surface area contributed by atoms with Gasteiger partial charge in [-0.3, -0.25) is 4.90 Å². The summed E-state index contributed by atoms with van der Waals surface area (Å²) in [6.07, 6.45) is 3.38. The highest BCUT2D eigenvalue weighted by atomic mass is 32.1. The van der Waals surface area contributed by atoms with Crippen molar-refractivity contribution in [2.75, 3.05) is 36.0 Å². The van der Waals surface area contributed by atoms with Gasteiger partial charge in [0.05, 0.1) is 18.1 Å². The van der Waals surface area contributed by atoms with Gasteiger partial charge in [-0.15, -0.1) is 0 Å². The summed E-state index contributed by atoms with van der Waals surface area (Å²) in [6, 6.07) is 4.22. The Hall–Kier alpha value is -1.82. The molecular formula is C20H31N3O2S.